The molecule has 0 saturated heterocycles. The molecular weight excluding hydrogens is 440 g/mol. The van der Waals surface area contributed by atoms with Crippen LogP contribution in [0.1, 0.15) is 31.9 Å². The predicted octanol–water partition coefficient (Wildman–Crippen LogP) is 6.12. The fourth-order valence-corrected chi connectivity index (χ4v) is 4.22. The molecule has 5 nitrogen and oxygen atoms in total. The van der Waals surface area contributed by atoms with Crippen molar-refractivity contribution in [1.82, 2.24) is 5.32 Å². The molecule has 0 radical (unpaired) electrons. The Hall–Kier alpha value is -3.90. The molecule has 0 bridgehead atoms. The summed E-state index contributed by atoms with van der Waals surface area (Å²) in [5.41, 5.74) is 12.8. The average Bonchev–Trinajstić information content (AvgIpc) is 3.39. The van der Waals surface area contributed by atoms with Gasteiger partial charge in [0.1, 0.15) is 5.84 Å². The Morgan fingerprint density at radius 2 is 1.68 bits per heavy atom. The lowest BCUT2D eigenvalue weighted by molar-refractivity contribution is 0.0955. The number of carbonyl (C=O) groups excluding carboxylic acids is 1. The molecule has 0 spiro atoms. The lowest BCUT2D eigenvalue weighted by atomic mass is 10.1. The molecule has 1 aromatic heterocycles. The van der Waals surface area contributed by atoms with E-state index in [1.165, 1.54) is 11.1 Å². The molecule has 1 amide bonds. The number of anilines is 2. The van der Waals surface area contributed by atoms with Gasteiger partial charge in [-0.2, -0.15) is 0 Å². The third kappa shape index (κ3) is 5.71. The van der Waals surface area contributed by atoms with E-state index < -0.39 is 0 Å². The predicted molar refractivity (Wildman–Crippen MR) is 143 cm³/mol. The smallest absolute Gasteiger partial charge is 0.253 e. The molecule has 172 valence electrons. The zero-order valence-corrected chi connectivity index (χ0v) is 20.2. The number of amidine groups is 1. The highest BCUT2D eigenvalue weighted by molar-refractivity contribution is 7.12. The van der Waals surface area contributed by atoms with E-state index in [4.69, 9.17) is 5.73 Å². The highest BCUT2D eigenvalue weighted by atomic mass is 32.1. The first kappa shape index (κ1) is 23.3. The van der Waals surface area contributed by atoms with Gasteiger partial charge in [-0.25, -0.2) is 4.99 Å². The molecule has 0 atom stereocenters. The molecule has 3 aromatic carbocycles. The number of amides is 1. The van der Waals surface area contributed by atoms with Crippen molar-refractivity contribution in [2.75, 3.05) is 11.9 Å². The fraction of sp³-hybridized carbons (Fsp3) is 0.143. The largest absolute Gasteiger partial charge is 0.383 e. The van der Waals surface area contributed by atoms with Gasteiger partial charge in [-0.05, 0) is 78.7 Å². The van der Waals surface area contributed by atoms with Gasteiger partial charge in [0, 0.05) is 12.2 Å². The number of rotatable bonds is 8. The van der Waals surface area contributed by atoms with Gasteiger partial charge in [-0.3, -0.25) is 4.79 Å². The number of nitrogens with two attached hydrogens (primary N) is 1. The highest BCUT2D eigenvalue weighted by Crippen LogP contribution is 2.25. The Morgan fingerprint density at radius 3 is 2.44 bits per heavy atom. The number of nitrogens with one attached hydrogen (secondary N) is 2. The van der Waals surface area contributed by atoms with E-state index in [0.717, 1.165) is 33.9 Å². The number of hydrogen-bond acceptors (Lipinski definition) is 4. The van der Waals surface area contributed by atoms with Gasteiger partial charge in [-0.15, -0.1) is 11.3 Å². The van der Waals surface area contributed by atoms with Crippen LogP contribution in [0, 0.1) is 13.8 Å². The number of nitrogens with zero attached hydrogens (tertiary/aromatic N) is 1. The molecule has 1 heterocycles. The first-order valence-corrected chi connectivity index (χ1v) is 12.1. The highest BCUT2D eigenvalue weighted by Gasteiger charge is 2.12. The minimum Gasteiger partial charge on any atom is -0.383 e. The lowest BCUT2D eigenvalue weighted by Gasteiger charge is -2.15. The normalized spacial score (nSPS) is 11.3. The Labute approximate surface area is 204 Å². The zero-order valence-electron chi connectivity index (χ0n) is 19.3. The number of thiophene rings is 1. The van der Waals surface area contributed by atoms with Crippen LogP contribution in [0.3, 0.4) is 0 Å². The summed E-state index contributed by atoms with van der Waals surface area (Å²) < 4.78 is 0. The zero-order chi connectivity index (χ0) is 23.9. The van der Waals surface area contributed by atoms with Gasteiger partial charge in [0.2, 0.25) is 0 Å². The maximum Gasteiger partial charge on any atom is 0.253 e. The van der Waals surface area contributed by atoms with Crippen LogP contribution in [0.5, 0.6) is 0 Å². The third-order valence-corrected chi connectivity index (χ3v) is 6.60. The van der Waals surface area contributed by atoms with Gasteiger partial charge in [0.05, 0.1) is 21.8 Å². The summed E-state index contributed by atoms with van der Waals surface area (Å²) in [6.45, 7) is 4.70. The second-order valence-electron chi connectivity index (χ2n) is 8.06. The van der Waals surface area contributed by atoms with Crippen LogP contribution in [0.2, 0.25) is 0 Å². The molecule has 0 fully saturated rings. The van der Waals surface area contributed by atoms with E-state index in [9.17, 15) is 4.79 Å². The van der Waals surface area contributed by atoms with E-state index in [1.807, 2.05) is 78.2 Å². The monoisotopic (exact) mass is 468 g/mol. The van der Waals surface area contributed by atoms with Gasteiger partial charge in [0.25, 0.3) is 5.91 Å². The number of aliphatic imine (C=N–C) groups is 1. The van der Waals surface area contributed by atoms with Crippen LogP contribution in [0.15, 0.2) is 89.2 Å². The van der Waals surface area contributed by atoms with E-state index >= 15 is 0 Å². The maximum atomic E-state index is 12.9. The Kier molecular flexibility index (Phi) is 7.40. The topological polar surface area (TPSA) is 79.5 Å². The van der Waals surface area contributed by atoms with Crippen molar-refractivity contribution in [2.45, 2.75) is 20.3 Å². The summed E-state index contributed by atoms with van der Waals surface area (Å²) >= 11 is 1.57. The van der Waals surface area contributed by atoms with E-state index in [1.54, 1.807) is 11.3 Å². The van der Waals surface area contributed by atoms with Crippen molar-refractivity contribution in [3.63, 3.8) is 0 Å². The third-order valence-electron chi connectivity index (χ3n) is 5.70. The summed E-state index contributed by atoms with van der Waals surface area (Å²) in [5, 5.41) is 8.44. The van der Waals surface area contributed by atoms with E-state index in [-0.39, 0.29) is 5.91 Å². The van der Waals surface area contributed by atoms with Crippen molar-refractivity contribution >= 4 is 40.1 Å². The molecule has 4 rings (SSSR count). The maximum absolute atomic E-state index is 12.9. The minimum absolute atomic E-state index is 0.0988. The van der Waals surface area contributed by atoms with Gasteiger partial charge in [0.15, 0.2) is 0 Å². The molecule has 0 saturated carbocycles. The first-order valence-electron chi connectivity index (χ1n) is 11.2. The Morgan fingerprint density at radius 1 is 0.912 bits per heavy atom. The second kappa shape index (κ2) is 10.8. The molecule has 0 unspecified atom stereocenters. The van der Waals surface area contributed by atoms with Crippen molar-refractivity contribution in [3.8, 4) is 0 Å². The summed E-state index contributed by atoms with van der Waals surface area (Å²) in [7, 11) is 0. The molecular formula is C28H28N4OS. The lowest BCUT2D eigenvalue weighted by Crippen LogP contribution is -2.26. The molecule has 4 aromatic rings. The fourth-order valence-electron chi connectivity index (χ4n) is 3.59. The molecule has 0 aliphatic rings. The molecule has 6 heteroatoms. The Bertz CT molecular complexity index is 1290. The van der Waals surface area contributed by atoms with Gasteiger partial charge < -0.3 is 16.4 Å². The van der Waals surface area contributed by atoms with Crippen LogP contribution in [0.4, 0.5) is 17.1 Å². The van der Waals surface area contributed by atoms with Crippen molar-refractivity contribution in [2.24, 2.45) is 10.7 Å². The average molecular weight is 469 g/mol. The van der Waals surface area contributed by atoms with E-state index in [0.29, 0.717) is 17.9 Å². The van der Waals surface area contributed by atoms with Gasteiger partial charge >= 0.3 is 0 Å². The van der Waals surface area contributed by atoms with Crippen LogP contribution < -0.4 is 16.4 Å². The minimum atomic E-state index is -0.0988. The quantitative estimate of drug-likeness (QED) is 0.215. The molecule has 34 heavy (non-hydrogen) atoms. The summed E-state index contributed by atoms with van der Waals surface area (Å²) in [6.07, 6.45) is 0.725. The second-order valence-corrected chi connectivity index (χ2v) is 9.01. The van der Waals surface area contributed by atoms with E-state index in [2.05, 4.69) is 35.5 Å². The van der Waals surface area contributed by atoms with Crippen LogP contribution >= 0.6 is 11.3 Å². The number of aryl methyl sites for hydroxylation is 1. The SMILES string of the molecule is Cc1cccc(Nc2ccccc2C(=O)NCCc2ccc(/N=C(\N)c3cccs3)cc2)c1C. The van der Waals surface area contributed by atoms with Gasteiger partial charge in [-0.1, -0.05) is 42.5 Å². The van der Waals surface area contributed by atoms with Crippen LogP contribution in [0.25, 0.3) is 0 Å². The van der Waals surface area contributed by atoms with Crippen molar-refractivity contribution in [3.05, 3.63) is 111 Å². The number of para-hydroxylation sites is 1. The van der Waals surface area contributed by atoms with Crippen LogP contribution in [-0.4, -0.2) is 18.3 Å². The molecule has 0 aliphatic carbocycles. The molecule has 0 aliphatic heterocycles. The van der Waals surface area contributed by atoms with Crippen molar-refractivity contribution < 1.29 is 4.79 Å². The number of hydrogen-bond donors (Lipinski definition) is 3. The molecule has 4 N–H and O–H groups in total. The van der Waals surface area contributed by atoms with Crippen LogP contribution in [-0.2, 0) is 6.42 Å². The summed E-state index contributed by atoms with van der Waals surface area (Å²) in [4.78, 5) is 18.3. The summed E-state index contributed by atoms with van der Waals surface area (Å²) in [6, 6.07) is 25.5. The standard InChI is InChI=1S/C28H28N4OS/c1-19-7-5-10-24(20(19)2)32-25-9-4-3-8-23(25)28(33)30-17-16-21-12-14-22(15-13-21)31-27(29)26-11-6-18-34-26/h3-15,18,32H,16-17H2,1-2H3,(H2,29,31)(H,30,33). The number of carbonyl (C=O) groups is 1. The number of benzene rings is 3. The first-order chi connectivity index (χ1) is 16.5. The Balaban J connectivity index is 1.35. The van der Waals surface area contributed by atoms with Crippen molar-refractivity contribution in [1.29, 1.82) is 0 Å². The summed E-state index contributed by atoms with van der Waals surface area (Å²) in [5.74, 6) is 0.418.